The molecule has 0 bridgehead atoms. The number of rotatable bonds is 3. The number of aliphatic imine (C=N–C) groups is 1. The highest BCUT2D eigenvalue weighted by Gasteiger charge is 2.35. The Kier molecular flexibility index (Phi) is 5.56. The number of carbonyl (C=O) groups is 1. The summed E-state index contributed by atoms with van der Waals surface area (Å²) < 4.78 is 11.2. The first kappa shape index (κ1) is 19.9. The van der Waals surface area contributed by atoms with Gasteiger partial charge in [-0.25, -0.2) is 0 Å². The van der Waals surface area contributed by atoms with Gasteiger partial charge in [-0.05, 0) is 74.0 Å². The van der Waals surface area contributed by atoms with Gasteiger partial charge in [0.25, 0.3) is 5.91 Å². The zero-order chi connectivity index (χ0) is 20.5. The Labute approximate surface area is 179 Å². The Bertz CT molecular complexity index is 1030. The zero-order valence-corrected chi connectivity index (χ0v) is 18.0. The van der Waals surface area contributed by atoms with Crippen molar-refractivity contribution in [1.29, 1.82) is 0 Å². The maximum absolute atomic E-state index is 13.3. The van der Waals surface area contributed by atoms with E-state index in [1.165, 1.54) is 11.8 Å². The molecule has 29 heavy (non-hydrogen) atoms. The van der Waals surface area contributed by atoms with Crippen molar-refractivity contribution in [2.24, 2.45) is 4.99 Å². The third-order valence-electron chi connectivity index (χ3n) is 4.52. The van der Waals surface area contributed by atoms with Crippen LogP contribution >= 0.6 is 23.4 Å². The predicted molar refractivity (Wildman–Crippen MR) is 119 cm³/mol. The van der Waals surface area contributed by atoms with Crippen LogP contribution in [0.15, 0.2) is 46.3 Å². The van der Waals surface area contributed by atoms with Crippen molar-refractivity contribution in [3.63, 3.8) is 0 Å². The number of hydrogen-bond acceptors (Lipinski definition) is 5. The Balaban J connectivity index is 1.74. The van der Waals surface area contributed by atoms with Crippen LogP contribution in [0.3, 0.4) is 0 Å². The van der Waals surface area contributed by atoms with Crippen LogP contribution in [0.2, 0.25) is 5.02 Å². The number of ether oxygens (including phenoxy) is 2. The van der Waals surface area contributed by atoms with E-state index in [0.29, 0.717) is 34.1 Å². The average molecular weight is 429 g/mol. The summed E-state index contributed by atoms with van der Waals surface area (Å²) in [6.45, 7) is 6.96. The molecule has 2 aromatic carbocycles. The maximum Gasteiger partial charge on any atom is 0.271 e. The molecule has 1 fully saturated rings. The molecule has 1 amide bonds. The molecule has 2 heterocycles. The van der Waals surface area contributed by atoms with E-state index in [4.69, 9.17) is 21.1 Å². The first-order valence-electron chi connectivity index (χ1n) is 9.40. The highest BCUT2D eigenvalue weighted by atomic mass is 35.5. The fourth-order valence-electron chi connectivity index (χ4n) is 3.13. The highest BCUT2D eigenvalue weighted by Crippen LogP contribution is 2.40. The number of hydrogen-bond donors (Lipinski definition) is 0. The Morgan fingerprint density at radius 3 is 2.69 bits per heavy atom. The summed E-state index contributed by atoms with van der Waals surface area (Å²) in [6, 6.07) is 11.3. The first-order chi connectivity index (χ1) is 13.9. The molecule has 2 aromatic rings. The molecule has 2 aliphatic rings. The number of benzene rings is 2. The fraction of sp³-hybridized carbons (Fsp3) is 0.273. The first-order valence-corrected chi connectivity index (χ1v) is 10.6. The Hall–Kier alpha value is -2.44. The van der Waals surface area contributed by atoms with Crippen LogP contribution in [-0.4, -0.2) is 30.3 Å². The predicted octanol–water partition coefficient (Wildman–Crippen LogP) is 5.30. The minimum absolute atomic E-state index is 0.0564. The summed E-state index contributed by atoms with van der Waals surface area (Å²) in [6.07, 6.45) is 1.86. The Morgan fingerprint density at radius 1 is 1.17 bits per heavy atom. The van der Waals surface area contributed by atoms with Gasteiger partial charge in [-0.15, -0.1) is 0 Å². The third-order valence-corrected chi connectivity index (χ3v) is 5.91. The lowest BCUT2D eigenvalue weighted by Crippen LogP contribution is -2.30. The second-order valence-corrected chi connectivity index (χ2v) is 8.46. The molecule has 0 saturated carbocycles. The second-order valence-electron chi connectivity index (χ2n) is 7.04. The number of carbonyl (C=O) groups excluding carboxylic acids is 1. The van der Waals surface area contributed by atoms with Crippen LogP contribution in [-0.2, 0) is 4.79 Å². The molecule has 0 aliphatic carbocycles. The number of halogens is 1. The number of nitrogens with zero attached hydrogens (tertiary/aromatic N) is 2. The van der Waals surface area contributed by atoms with E-state index < -0.39 is 0 Å². The van der Waals surface area contributed by atoms with Gasteiger partial charge >= 0.3 is 0 Å². The smallest absolute Gasteiger partial charge is 0.271 e. The molecule has 2 aliphatic heterocycles. The van der Waals surface area contributed by atoms with Gasteiger partial charge in [0.15, 0.2) is 16.7 Å². The van der Waals surface area contributed by atoms with Crippen LogP contribution < -0.4 is 14.4 Å². The summed E-state index contributed by atoms with van der Waals surface area (Å²) in [4.78, 5) is 20.2. The van der Waals surface area contributed by atoms with Crippen molar-refractivity contribution >= 4 is 46.2 Å². The van der Waals surface area contributed by atoms with E-state index in [0.717, 1.165) is 22.6 Å². The molecule has 150 valence electrons. The maximum atomic E-state index is 13.3. The van der Waals surface area contributed by atoms with Gasteiger partial charge in [0.2, 0.25) is 0 Å². The standard InChI is InChI=1S/C22H21ClN2O3S/c1-13(2)24-22-25(17-6-4-5-16(23)14(17)3)21(26)20(29-22)12-15-7-8-18-19(11-15)28-10-9-27-18/h4-8,11-13H,9-10H2,1-3H3/b20-12-,24-22?. The highest BCUT2D eigenvalue weighted by molar-refractivity contribution is 8.19. The number of amides is 1. The molecule has 0 spiro atoms. The van der Waals surface area contributed by atoms with Crippen molar-refractivity contribution in [3.8, 4) is 11.5 Å². The van der Waals surface area contributed by atoms with E-state index in [-0.39, 0.29) is 11.9 Å². The van der Waals surface area contributed by atoms with E-state index in [2.05, 4.69) is 4.99 Å². The quantitative estimate of drug-likeness (QED) is 0.622. The lowest BCUT2D eigenvalue weighted by Gasteiger charge is -2.19. The number of amidine groups is 1. The monoisotopic (exact) mass is 428 g/mol. The van der Waals surface area contributed by atoms with Gasteiger partial charge in [0, 0.05) is 11.1 Å². The molecule has 0 N–H and O–H groups in total. The molecular weight excluding hydrogens is 408 g/mol. The fourth-order valence-corrected chi connectivity index (χ4v) is 4.41. The van der Waals surface area contributed by atoms with Crippen LogP contribution in [0, 0.1) is 6.92 Å². The minimum atomic E-state index is -0.116. The summed E-state index contributed by atoms with van der Waals surface area (Å²) >= 11 is 7.67. The van der Waals surface area contributed by atoms with Crippen LogP contribution in [0.25, 0.3) is 6.08 Å². The SMILES string of the molecule is Cc1c(Cl)cccc1N1C(=O)/C(=C/c2ccc3c(c2)OCCO3)SC1=NC(C)C. The van der Waals surface area contributed by atoms with Crippen molar-refractivity contribution in [2.45, 2.75) is 26.8 Å². The van der Waals surface area contributed by atoms with E-state index >= 15 is 0 Å². The molecule has 1 saturated heterocycles. The summed E-state index contributed by atoms with van der Waals surface area (Å²) in [7, 11) is 0. The molecule has 0 radical (unpaired) electrons. The lowest BCUT2D eigenvalue weighted by atomic mass is 10.1. The molecule has 0 aromatic heterocycles. The molecule has 5 nitrogen and oxygen atoms in total. The molecule has 0 unspecified atom stereocenters. The van der Waals surface area contributed by atoms with Gasteiger partial charge in [0.1, 0.15) is 13.2 Å². The van der Waals surface area contributed by atoms with Gasteiger partial charge < -0.3 is 9.47 Å². The summed E-state index contributed by atoms with van der Waals surface area (Å²) in [5, 5.41) is 1.27. The normalized spacial score (nSPS) is 18.9. The lowest BCUT2D eigenvalue weighted by molar-refractivity contribution is -0.113. The van der Waals surface area contributed by atoms with Gasteiger partial charge in [0.05, 0.1) is 10.6 Å². The zero-order valence-electron chi connectivity index (χ0n) is 16.4. The van der Waals surface area contributed by atoms with Crippen LogP contribution in [0.1, 0.15) is 25.0 Å². The number of anilines is 1. The largest absolute Gasteiger partial charge is 0.486 e. The van der Waals surface area contributed by atoms with Gasteiger partial charge in [-0.2, -0.15) is 0 Å². The van der Waals surface area contributed by atoms with E-state index in [1.54, 1.807) is 4.90 Å². The van der Waals surface area contributed by atoms with Crippen LogP contribution in [0.4, 0.5) is 5.69 Å². The van der Waals surface area contributed by atoms with Gasteiger partial charge in [-0.3, -0.25) is 14.7 Å². The summed E-state index contributed by atoms with van der Waals surface area (Å²) in [5.74, 6) is 1.30. The van der Waals surface area contributed by atoms with E-state index in [9.17, 15) is 4.79 Å². The molecular formula is C22H21ClN2O3S. The molecule has 0 atom stereocenters. The number of fused-ring (bicyclic) bond motifs is 1. The third kappa shape index (κ3) is 4.00. The number of thioether (sulfide) groups is 1. The topological polar surface area (TPSA) is 51.1 Å². The van der Waals surface area contributed by atoms with Crippen molar-refractivity contribution in [1.82, 2.24) is 0 Å². The van der Waals surface area contributed by atoms with Crippen molar-refractivity contribution in [3.05, 3.63) is 57.5 Å². The van der Waals surface area contributed by atoms with Crippen LogP contribution in [0.5, 0.6) is 11.5 Å². The van der Waals surface area contributed by atoms with Crippen molar-refractivity contribution < 1.29 is 14.3 Å². The van der Waals surface area contributed by atoms with Gasteiger partial charge in [-0.1, -0.05) is 23.7 Å². The second kappa shape index (κ2) is 8.13. The van der Waals surface area contributed by atoms with E-state index in [1.807, 2.05) is 63.2 Å². The molecule has 7 heteroatoms. The summed E-state index contributed by atoms with van der Waals surface area (Å²) in [5.41, 5.74) is 2.47. The Morgan fingerprint density at radius 2 is 1.93 bits per heavy atom. The minimum Gasteiger partial charge on any atom is -0.486 e. The average Bonchev–Trinajstić information content (AvgIpc) is 2.98. The molecule has 4 rings (SSSR count). The van der Waals surface area contributed by atoms with Crippen molar-refractivity contribution in [2.75, 3.05) is 18.1 Å².